The number of pyridine rings is 5. The Bertz CT molecular complexity index is 5770. The van der Waals surface area contributed by atoms with Gasteiger partial charge in [0.25, 0.3) is 0 Å². The quantitative estimate of drug-likeness (QED) is 0.111. The highest BCUT2D eigenvalue weighted by Gasteiger charge is 2.38. The molecule has 25 nitrogen and oxygen atoms in total. The molecule has 6 aliphatic heterocycles. The molecule has 6 fully saturated rings. The van der Waals surface area contributed by atoms with Crippen LogP contribution in [0.3, 0.4) is 0 Å². The molecule has 5 atom stereocenters. The maximum atomic E-state index is 6.01. The van der Waals surface area contributed by atoms with Crippen LogP contribution < -0.4 is 24.5 Å². The van der Waals surface area contributed by atoms with Gasteiger partial charge in [0.05, 0.1) is 155 Å². The van der Waals surface area contributed by atoms with Gasteiger partial charge in [-0.05, 0) is 198 Å². The number of aryl methyl sites for hydroxylation is 4. The lowest BCUT2D eigenvalue weighted by Crippen LogP contribution is -2.53. The minimum Gasteiger partial charge on any atom is -0.377 e. The first kappa shape index (κ1) is 82.6. The van der Waals surface area contributed by atoms with E-state index in [1.165, 1.54) is 35.1 Å². The SMILES string of the molecule is C[C@@H]1CN(c2nn(-c3ccc(Cl)cc3)c3cnccc23)C[C@H](C)O1.Cc1ccc(-n2nc(N3CC4CCC(C3)O4)c3ccncc32)cc1.Cc1ccc(-n2nc(N3CCOC(C)(C)C3)c3ccncc32)cc1.Cc1ccc(-n2nc(N3CCOC(CC(C)C)C3)c3ccncc32)cc1.Cc1ccc(-n2nc(N3CCOCC3(C)C)c3ccncc32)cc1. The predicted octanol–water partition coefficient (Wildman–Crippen LogP) is 17.5. The summed E-state index contributed by atoms with van der Waals surface area (Å²) >= 11 is 6.01. The van der Waals surface area contributed by atoms with E-state index in [9.17, 15) is 0 Å². The summed E-state index contributed by atoms with van der Waals surface area (Å²) in [5, 5.41) is 31.1. The second-order valence-electron chi connectivity index (χ2n) is 34.6. The maximum absolute atomic E-state index is 6.01. The standard InChI is InChI=1S/C21H26N4O.C19H20N4O.2C19H22N4O.C18H19ClN4O/c1-15(2)12-18-14-24(10-11-26-18)21-19-8-9-22-13-20(19)25(23-21)17-6-4-16(3)5-7-17;1-13-2-4-14(5-3-13)23-18-10-20-9-8-17(18)19(21-23)22-11-15-6-7-16(12-22)24-15;1-14-4-6-15(7-5-14)23-17-12-20-9-8-16(17)18(21-23)22-10-11-24-13-19(22,2)3;1-14-4-6-15(7-5-14)23-17-12-20-9-8-16(17)18(21-23)22-10-11-24-19(2,3)13-22;1-12-10-22(11-13(2)24-12)18-16-7-8-20-9-17(16)23(21-18)15-5-3-14(19)4-6-15/h4-9,13,15,18H,10-12,14H2,1-3H3;2-5,8-10,15-16H,6-7,11-12H2,1H3;2*4-9,12H,10-11,13H2,1-3H3;3-9,12-13H,10-11H2,1-2H3/t;;;;12-,13+. The third kappa shape index (κ3) is 18.1. The average molecular weight is 1660 g/mol. The Hall–Kier alpha value is -11.7. The van der Waals surface area contributed by atoms with Crippen LogP contribution >= 0.6 is 11.6 Å². The smallest absolute Gasteiger partial charge is 0.159 e. The molecule has 16 heterocycles. The van der Waals surface area contributed by atoms with Crippen molar-refractivity contribution < 1.29 is 23.7 Å². The lowest BCUT2D eigenvalue weighted by molar-refractivity contribution is -0.0278. The van der Waals surface area contributed by atoms with Crippen LogP contribution in [0.2, 0.25) is 5.02 Å². The number of halogens is 1. The lowest BCUT2D eigenvalue weighted by Gasteiger charge is -2.42. The molecule has 5 aromatic carbocycles. The van der Waals surface area contributed by atoms with Gasteiger partial charge in [-0.25, -0.2) is 23.4 Å². The summed E-state index contributed by atoms with van der Waals surface area (Å²) in [5.74, 6) is 5.69. The molecule has 0 N–H and O–H groups in total. The molecule has 10 aromatic heterocycles. The second-order valence-corrected chi connectivity index (χ2v) is 35.0. The number of benzene rings is 5. The van der Waals surface area contributed by atoms with Crippen molar-refractivity contribution in [3.05, 3.63) is 241 Å². The van der Waals surface area contributed by atoms with Gasteiger partial charge in [-0.1, -0.05) is 96.2 Å². The van der Waals surface area contributed by atoms with Crippen LogP contribution in [0.4, 0.5) is 29.1 Å². The van der Waals surface area contributed by atoms with Crippen molar-refractivity contribution in [3.63, 3.8) is 0 Å². The summed E-state index contributed by atoms with van der Waals surface area (Å²) in [4.78, 5) is 33.2. The van der Waals surface area contributed by atoms with Crippen molar-refractivity contribution in [3.8, 4) is 28.4 Å². The van der Waals surface area contributed by atoms with Crippen molar-refractivity contribution in [1.29, 1.82) is 0 Å². The van der Waals surface area contributed by atoms with E-state index >= 15 is 0 Å². The van der Waals surface area contributed by atoms with Gasteiger partial charge in [-0.2, -0.15) is 0 Å². The number of ether oxygens (including phenoxy) is 5. The first-order valence-corrected chi connectivity index (χ1v) is 43.1. The van der Waals surface area contributed by atoms with Gasteiger partial charge in [0.1, 0.15) is 0 Å². The van der Waals surface area contributed by atoms with Gasteiger partial charge >= 0.3 is 0 Å². The zero-order valence-corrected chi connectivity index (χ0v) is 72.6. The van der Waals surface area contributed by atoms with Crippen LogP contribution in [-0.4, -0.2) is 201 Å². The normalized spacial score (nSPS) is 19.4. The molecule has 122 heavy (non-hydrogen) atoms. The van der Waals surface area contributed by atoms with Gasteiger partial charge in [-0.3, -0.25) is 24.9 Å². The molecule has 0 aliphatic carbocycles. The molecule has 6 aliphatic rings. The molecule has 0 spiro atoms. The van der Waals surface area contributed by atoms with Crippen molar-refractivity contribution in [2.75, 3.05) is 110 Å². The molecule has 0 saturated carbocycles. The Balaban J connectivity index is 0.000000108. The van der Waals surface area contributed by atoms with E-state index in [1.807, 2.05) is 128 Å². The first-order chi connectivity index (χ1) is 59.1. The Morgan fingerprint density at radius 3 is 1.13 bits per heavy atom. The molecule has 15 aromatic rings. The number of aromatic nitrogens is 15. The summed E-state index contributed by atoms with van der Waals surface area (Å²) in [5.41, 5.74) is 15.1. The number of rotatable bonds is 12. The third-order valence-electron chi connectivity index (χ3n) is 23.4. The molecule has 3 unspecified atom stereocenters. The molecule has 0 amide bonds. The van der Waals surface area contributed by atoms with Gasteiger partial charge < -0.3 is 48.2 Å². The molecule has 630 valence electrons. The van der Waals surface area contributed by atoms with E-state index in [-0.39, 0.29) is 29.5 Å². The van der Waals surface area contributed by atoms with Crippen molar-refractivity contribution in [2.45, 2.75) is 144 Å². The predicted molar refractivity (Wildman–Crippen MR) is 487 cm³/mol. The third-order valence-corrected chi connectivity index (χ3v) is 23.6. The highest BCUT2D eigenvalue weighted by atomic mass is 35.5. The molecule has 2 bridgehead atoms. The average Bonchev–Trinajstić information content (AvgIpc) is 1.62. The summed E-state index contributed by atoms with van der Waals surface area (Å²) in [6.07, 6.45) is 23.4. The van der Waals surface area contributed by atoms with Crippen LogP contribution in [0.15, 0.2) is 214 Å². The van der Waals surface area contributed by atoms with Gasteiger partial charge in [0.2, 0.25) is 0 Å². The number of hydrogen-bond acceptors (Lipinski definition) is 20. The van der Waals surface area contributed by atoms with E-state index in [1.54, 1.807) is 0 Å². The fourth-order valence-electron chi connectivity index (χ4n) is 17.3. The topological polar surface area (TPSA) is 216 Å². The number of hydrogen-bond donors (Lipinski definition) is 0. The van der Waals surface area contributed by atoms with Crippen molar-refractivity contribution in [2.24, 2.45) is 5.92 Å². The molecular formula is C96H109ClN20O5. The van der Waals surface area contributed by atoms with Crippen molar-refractivity contribution in [1.82, 2.24) is 73.8 Å². The molecule has 6 saturated heterocycles. The van der Waals surface area contributed by atoms with Gasteiger partial charge in [0, 0.05) is 122 Å². The molecule has 26 heteroatoms. The lowest BCUT2D eigenvalue weighted by atomic mass is 10.0. The zero-order valence-electron chi connectivity index (χ0n) is 71.8. The van der Waals surface area contributed by atoms with Crippen LogP contribution in [0.5, 0.6) is 0 Å². The maximum Gasteiger partial charge on any atom is 0.159 e. The van der Waals surface area contributed by atoms with E-state index in [0.717, 1.165) is 197 Å². The highest BCUT2D eigenvalue weighted by molar-refractivity contribution is 6.30. The Morgan fingerprint density at radius 1 is 0.393 bits per heavy atom. The number of anilines is 5. The Morgan fingerprint density at radius 2 is 0.746 bits per heavy atom. The van der Waals surface area contributed by atoms with E-state index < -0.39 is 0 Å². The monoisotopic (exact) mass is 1660 g/mol. The number of nitrogens with zero attached hydrogens (tertiary/aromatic N) is 20. The van der Waals surface area contributed by atoms with Gasteiger partial charge in [-0.15, -0.1) is 25.5 Å². The molecular weight excluding hydrogens is 1550 g/mol. The largest absolute Gasteiger partial charge is 0.377 e. The number of fused-ring (bicyclic) bond motifs is 7. The summed E-state index contributed by atoms with van der Waals surface area (Å²) < 4.78 is 39.2. The fourth-order valence-corrected chi connectivity index (χ4v) is 17.5. The van der Waals surface area contributed by atoms with E-state index in [4.69, 9.17) is 60.8 Å². The first-order valence-electron chi connectivity index (χ1n) is 42.7. The Labute approximate surface area is 717 Å². The minimum atomic E-state index is -0.161. The Kier molecular flexibility index (Phi) is 24.2. The van der Waals surface area contributed by atoms with Crippen LogP contribution in [0.1, 0.15) is 96.9 Å². The van der Waals surface area contributed by atoms with Crippen LogP contribution in [0.25, 0.3) is 83.0 Å². The van der Waals surface area contributed by atoms with Crippen molar-refractivity contribution >= 4 is 95.2 Å². The summed E-state index contributed by atoms with van der Waals surface area (Å²) in [6.45, 7) is 36.4. The van der Waals surface area contributed by atoms with E-state index in [0.29, 0.717) is 29.8 Å². The highest BCUT2D eigenvalue weighted by Crippen LogP contribution is 2.39. The summed E-state index contributed by atoms with van der Waals surface area (Å²) in [7, 11) is 0. The second kappa shape index (κ2) is 35.8. The van der Waals surface area contributed by atoms with Crippen LogP contribution in [-0.2, 0) is 23.7 Å². The van der Waals surface area contributed by atoms with Gasteiger partial charge in [0.15, 0.2) is 29.1 Å². The molecule has 0 radical (unpaired) electrons. The minimum absolute atomic E-state index is 0.0824. The van der Waals surface area contributed by atoms with Crippen LogP contribution in [0, 0.1) is 33.6 Å². The van der Waals surface area contributed by atoms with E-state index in [2.05, 4.69) is 242 Å². The fraction of sp³-hybridized carbons (Fsp3) is 0.375. The zero-order chi connectivity index (χ0) is 84.3. The molecule has 21 rings (SSSR count). The summed E-state index contributed by atoms with van der Waals surface area (Å²) in [6, 6.07) is 51.7. The number of morpholine rings is 5.